The van der Waals surface area contributed by atoms with E-state index in [1.807, 2.05) is 74.5 Å². The highest BCUT2D eigenvalue weighted by Crippen LogP contribution is 2.40. The normalized spacial score (nSPS) is 12.4. The van der Waals surface area contributed by atoms with Crippen molar-refractivity contribution in [2.45, 2.75) is 59.4 Å². The SMILES string of the molecule is Cc1c(C)c(OCc2ccccc2)c(CCC(C)(O)COc2ccc([N+](=O)[O-])cc2)c(C)c1OCc1ccccc1. The van der Waals surface area contributed by atoms with Crippen LogP contribution in [0.4, 0.5) is 5.69 Å². The summed E-state index contributed by atoms with van der Waals surface area (Å²) in [5.41, 5.74) is 4.99. The summed E-state index contributed by atoms with van der Waals surface area (Å²) in [5.74, 6) is 2.10. The molecule has 0 aromatic heterocycles. The van der Waals surface area contributed by atoms with E-state index in [9.17, 15) is 15.2 Å². The minimum atomic E-state index is -1.16. The van der Waals surface area contributed by atoms with Crippen LogP contribution in [-0.4, -0.2) is 22.2 Å². The van der Waals surface area contributed by atoms with E-state index in [1.54, 1.807) is 6.92 Å². The van der Waals surface area contributed by atoms with Crippen LogP contribution in [-0.2, 0) is 19.6 Å². The van der Waals surface area contributed by atoms with Gasteiger partial charge in [0.25, 0.3) is 5.69 Å². The first kappa shape index (κ1) is 29.6. The Bertz CT molecular complexity index is 1450. The second kappa shape index (κ2) is 13.3. The predicted octanol–water partition coefficient (Wildman–Crippen LogP) is 7.44. The second-order valence-electron chi connectivity index (χ2n) is 10.6. The van der Waals surface area contributed by atoms with Crippen LogP contribution in [0.1, 0.15) is 46.7 Å². The van der Waals surface area contributed by atoms with E-state index in [2.05, 4.69) is 6.92 Å². The fraction of sp³-hybridized carbons (Fsp3) is 0.294. The van der Waals surface area contributed by atoms with Crippen LogP contribution in [0.5, 0.6) is 17.2 Å². The molecule has 0 saturated heterocycles. The van der Waals surface area contributed by atoms with Gasteiger partial charge in [0.05, 0.1) is 10.5 Å². The zero-order valence-electron chi connectivity index (χ0n) is 24.1. The first-order chi connectivity index (χ1) is 19.6. The lowest BCUT2D eigenvalue weighted by atomic mass is 9.90. The Morgan fingerprint density at radius 3 is 1.78 bits per heavy atom. The number of hydrogen-bond donors (Lipinski definition) is 1. The molecule has 4 rings (SSSR count). The van der Waals surface area contributed by atoms with Crippen molar-refractivity contribution in [3.05, 3.63) is 128 Å². The molecule has 0 heterocycles. The Morgan fingerprint density at radius 1 is 0.732 bits per heavy atom. The highest BCUT2D eigenvalue weighted by molar-refractivity contribution is 5.58. The van der Waals surface area contributed by atoms with Gasteiger partial charge in [-0.15, -0.1) is 0 Å². The van der Waals surface area contributed by atoms with Crippen LogP contribution in [0, 0.1) is 30.9 Å². The maximum atomic E-state index is 11.2. The molecule has 214 valence electrons. The standard InChI is InChI=1S/C34H37NO6/c1-24-25(2)33(40-22-28-13-9-6-10-14-28)31(26(3)32(24)39-21-27-11-7-5-8-12-27)19-20-34(4,36)23-41-30-17-15-29(16-18-30)35(37)38/h5-18,36H,19-23H2,1-4H3. The molecule has 0 aliphatic carbocycles. The van der Waals surface area contributed by atoms with Gasteiger partial charge in [-0.05, 0) is 80.5 Å². The summed E-state index contributed by atoms with van der Waals surface area (Å²) in [6.45, 7) is 8.78. The predicted molar refractivity (Wildman–Crippen MR) is 160 cm³/mol. The zero-order valence-corrected chi connectivity index (χ0v) is 24.1. The minimum absolute atomic E-state index is 0.0114. The number of ether oxygens (including phenoxy) is 3. The molecule has 0 fully saturated rings. The van der Waals surface area contributed by atoms with Gasteiger partial charge in [-0.25, -0.2) is 0 Å². The van der Waals surface area contributed by atoms with Gasteiger partial charge in [0.15, 0.2) is 0 Å². The molecular formula is C34H37NO6. The van der Waals surface area contributed by atoms with Crippen molar-refractivity contribution < 1.29 is 24.2 Å². The molecule has 0 bridgehead atoms. The van der Waals surface area contributed by atoms with Crippen LogP contribution in [0.3, 0.4) is 0 Å². The molecule has 7 heteroatoms. The topological polar surface area (TPSA) is 91.1 Å². The number of rotatable bonds is 13. The number of nitro groups is 1. The monoisotopic (exact) mass is 555 g/mol. The van der Waals surface area contributed by atoms with Gasteiger partial charge in [0.2, 0.25) is 0 Å². The molecule has 41 heavy (non-hydrogen) atoms. The second-order valence-corrected chi connectivity index (χ2v) is 10.6. The van der Waals surface area contributed by atoms with E-state index in [0.717, 1.165) is 44.9 Å². The zero-order chi connectivity index (χ0) is 29.4. The van der Waals surface area contributed by atoms with E-state index >= 15 is 0 Å². The summed E-state index contributed by atoms with van der Waals surface area (Å²) in [4.78, 5) is 10.5. The number of benzene rings is 4. The maximum Gasteiger partial charge on any atom is 0.269 e. The van der Waals surface area contributed by atoms with Gasteiger partial charge < -0.3 is 19.3 Å². The summed E-state index contributed by atoms with van der Waals surface area (Å²) in [7, 11) is 0. The van der Waals surface area contributed by atoms with Crippen molar-refractivity contribution in [3.63, 3.8) is 0 Å². The van der Waals surface area contributed by atoms with Crippen LogP contribution >= 0.6 is 0 Å². The molecular weight excluding hydrogens is 518 g/mol. The van der Waals surface area contributed by atoms with Gasteiger partial charge in [-0.2, -0.15) is 0 Å². The summed E-state index contributed by atoms with van der Waals surface area (Å²) < 4.78 is 18.6. The van der Waals surface area contributed by atoms with Gasteiger partial charge in [-0.3, -0.25) is 10.1 Å². The first-order valence-corrected chi connectivity index (χ1v) is 13.7. The van der Waals surface area contributed by atoms with Crippen molar-refractivity contribution >= 4 is 5.69 Å². The van der Waals surface area contributed by atoms with E-state index < -0.39 is 10.5 Å². The molecule has 0 amide bonds. The molecule has 4 aromatic carbocycles. The van der Waals surface area contributed by atoms with Crippen LogP contribution in [0.25, 0.3) is 0 Å². The van der Waals surface area contributed by atoms with E-state index in [1.165, 1.54) is 24.3 Å². The first-order valence-electron chi connectivity index (χ1n) is 13.7. The number of aliphatic hydroxyl groups is 1. The molecule has 4 aromatic rings. The average Bonchev–Trinajstić information content (AvgIpc) is 2.98. The Balaban J connectivity index is 1.55. The summed E-state index contributed by atoms with van der Waals surface area (Å²) in [6, 6.07) is 25.9. The van der Waals surface area contributed by atoms with Crippen LogP contribution < -0.4 is 14.2 Å². The number of nitrogens with zero attached hydrogens (tertiary/aromatic N) is 1. The molecule has 0 saturated carbocycles. The largest absolute Gasteiger partial charge is 0.491 e. The van der Waals surface area contributed by atoms with Crippen molar-refractivity contribution in [1.29, 1.82) is 0 Å². The van der Waals surface area contributed by atoms with E-state index in [0.29, 0.717) is 31.8 Å². The summed E-state index contributed by atoms with van der Waals surface area (Å²) in [6.07, 6.45) is 0.943. The van der Waals surface area contributed by atoms with E-state index in [-0.39, 0.29) is 12.3 Å². The average molecular weight is 556 g/mol. The Labute approximate surface area is 241 Å². The minimum Gasteiger partial charge on any atom is -0.491 e. The lowest BCUT2D eigenvalue weighted by Gasteiger charge is -2.27. The Kier molecular flexibility index (Phi) is 9.63. The van der Waals surface area contributed by atoms with Crippen molar-refractivity contribution in [1.82, 2.24) is 0 Å². The third-order valence-electron chi connectivity index (χ3n) is 7.27. The van der Waals surface area contributed by atoms with Gasteiger partial charge in [0, 0.05) is 17.7 Å². The molecule has 0 aliphatic rings. The van der Waals surface area contributed by atoms with Crippen molar-refractivity contribution in [2.75, 3.05) is 6.61 Å². The number of hydrogen-bond acceptors (Lipinski definition) is 6. The molecule has 0 spiro atoms. The molecule has 0 aliphatic heterocycles. The molecule has 1 N–H and O–H groups in total. The molecule has 1 unspecified atom stereocenters. The number of nitro benzene ring substituents is 1. The van der Waals surface area contributed by atoms with Gasteiger partial charge >= 0.3 is 0 Å². The molecule has 0 radical (unpaired) electrons. The smallest absolute Gasteiger partial charge is 0.269 e. The Hall–Kier alpha value is -4.36. The lowest BCUT2D eigenvalue weighted by Crippen LogP contribution is -2.33. The quantitative estimate of drug-likeness (QED) is 0.136. The maximum absolute atomic E-state index is 11.2. The third kappa shape index (κ3) is 7.86. The Morgan fingerprint density at radius 2 is 1.24 bits per heavy atom. The van der Waals surface area contributed by atoms with Crippen LogP contribution in [0.15, 0.2) is 84.9 Å². The molecule has 1 atom stereocenters. The lowest BCUT2D eigenvalue weighted by molar-refractivity contribution is -0.384. The van der Waals surface area contributed by atoms with Crippen molar-refractivity contribution in [3.8, 4) is 17.2 Å². The highest BCUT2D eigenvalue weighted by atomic mass is 16.6. The third-order valence-corrected chi connectivity index (χ3v) is 7.27. The number of non-ortho nitro benzene ring substituents is 1. The molecule has 7 nitrogen and oxygen atoms in total. The van der Waals surface area contributed by atoms with Crippen molar-refractivity contribution in [2.24, 2.45) is 0 Å². The fourth-order valence-corrected chi connectivity index (χ4v) is 4.70. The van der Waals surface area contributed by atoms with Gasteiger partial charge in [-0.1, -0.05) is 60.7 Å². The highest BCUT2D eigenvalue weighted by Gasteiger charge is 2.26. The summed E-state index contributed by atoms with van der Waals surface area (Å²) in [5, 5.41) is 22.1. The van der Waals surface area contributed by atoms with Crippen LogP contribution in [0.2, 0.25) is 0 Å². The fourth-order valence-electron chi connectivity index (χ4n) is 4.70. The summed E-state index contributed by atoms with van der Waals surface area (Å²) >= 11 is 0. The van der Waals surface area contributed by atoms with Gasteiger partial charge in [0.1, 0.15) is 37.1 Å². The van der Waals surface area contributed by atoms with E-state index in [4.69, 9.17) is 14.2 Å².